The van der Waals surface area contributed by atoms with Gasteiger partial charge >= 0.3 is 12.1 Å². The summed E-state index contributed by atoms with van der Waals surface area (Å²) in [7, 11) is 1.24. The Morgan fingerprint density at radius 3 is 2.58 bits per heavy atom. The summed E-state index contributed by atoms with van der Waals surface area (Å²) in [5.74, 6) is -2.52. The first-order chi connectivity index (χ1) is 14.7. The highest BCUT2D eigenvalue weighted by Gasteiger charge is 2.38. The van der Waals surface area contributed by atoms with Gasteiger partial charge in [0.15, 0.2) is 11.6 Å². The topological polar surface area (TPSA) is 73.9 Å². The van der Waals surface area contributed by atoms with Crippen molar-refractivity contribution in [1.82, 2.24) is 0 Å². The molecule has 1 aliphatic heterocycles. The van der Waals surface area contributed by atoms with Crippen LogP contribution in [0.25, 0.3) is 0 Å². The molecule has 1 aliphatic rings. The molecule has 0 aliphatic carbocycles. The van der Waals surface area contributed by atoms with Crippen LogP contribution in [0.1, 0.15) is 36.1 Å². The summed E-state index contributed by atoms with van der Waals surface area (Å²) in [6.07, 6.45) is -8.02. The Morgan fingerprint density at radius 2 is 1.94 bits per heavy atom. The van der Waals surface area contributed by atoms with Crippen molar-refractivity contribution in [3.63, 3.8) is 0 Å². The van der Waals surface area contributed by atoms with E-state index in [4.69, 9.17) is 14.2 Å². The van der Waals surface area contributed by atoms with Crippen LogP contribution in [0.3, 0.4) is 0 Å². The van der Waals surface area contributed by atoms with E-state index < -0.39 is 48.1 Å². The molecule has 0 fully saturated rings. The number of methoxy groups -OCH3 is 1. The first-order valence-electron chi connectivity index (χ1n) is 9.31. The molecule has 0 unspecified atom stereocenters. The lowest BCUT2D eigenvalue weighted by atomic mass is 9.96. The lowest BCUT2D eigenvalue weighted by Crippen LogP contribution is -2.32. The van der Waals surface area contributed by atoms with Gasteiger partial charge < -0.3 is 19.5 Å². The number of anilines is 1. The molecule has 0 bridgehead atoms. The van der Waals surface area contributed by atoms with Crippen molar-refractivity contribution in [3.05, 3.63) is 58.9 Å². The molecule has 2 aromatic rings. The maximum absolute atomic E-state index is 15.0. The van der Waals surface area contributed by atoms with Gasteiger partial charge in [0.2, 0.25) is 0 Å². The van der Waals surface area contributed by atoms with Crippen molar-refractivity contribution in [1.29, 1.82) is 0 Å². The average Bonchev–Trinajstić information content (AvgIpc) is 2.84. The van der Waals surface area contributed by atoms with E-state index in [9.17, 15) is 22.8 Å². The average molecular weight is 441 g/mol. The van der Waals surface area contributed by atoms with E-state index in [1.165, 1.54) is 25.3 Å². The third kappa shape index (κ3) is 4.79. The molecule has 3 rings (SSSR count). The van der Waals surface area contributed by atoms with Gasteiger partial charge in [-0.15, -0.1) is 0 Å². The number of benzene rings is 2. The molecule has 10 heteroatoms. The number of hydrogen-bond donors (Lipinski definition) is 1. The Morgan fingerprint density at radius 1 is 1.19 bits per heavy atom. The van der Waals surface area contributed by atoms with Gasteiger partial charge in [-0.25, -0.2) is 4.39 Å². The van der Waals surface area contributed by atoms with E-state index in [2.05, 4.69) is 5.32 Å². The molecule has 2 aromatic carbocycles. The second kappa shape index (κ2) is 8.93. The third-order valence-electron chi connectivity index (χ3n) is 4.66. The number of carbonyl (C=O) groups is 2. The van der Waals surface area contributed by atoms with Crippen molar-refractivity contribution in [3.8, 4) is 5.75 Å². The van der Waals surface area contributed by atoms with E-state index in [0.717, 1.165) is 18.2 Å². The van der Waals surface area contributed by atoms with Crippen molar-refractivity contribution in [2.24, 2.45) is 0 Å². The van der Waals surface area contributed by atoms with Gasteiger partial charge in [-0.05, 0) is 31.2 Å². The van der Waals surface area contributed by atoms with Gasteiger partial charge in [-0.1, -0.05) is 12.1 Å². The molecule has 0 saturated carbocycles. The first kappa shape index (κ1) is 22.5. The van der Waals surface area contributed by atoms with Gasteiger partial charge in [0.05, 0.1) is 25.7 Å². The van der Waals surface area contributed by atoms with Crippen LogP contribution in [0.5, 0.6) is 5.75 Å². The smallest absolute Gasteiger partial charge is 0.416 e. The summed E-state index contributed by atoms with van der Waals surface area (Å²) < 4.78 is 70.5. The number of alkyl halides is 3. The molecular weight excluding hydrogens is 422 g/mol. The maximum atomic E-state index is 15.0. The zero-order valence-electron chi connectivity index (χ0n) is 16.6. The number of ether oxygens (including phenoxy) is 3. The lowest BCUT2D eigenvalue weighted by molar-refractivity contribution is -0.150. The fraction of sp³-hybridized carbons (Fsp3) is 0.333. The molecular formula is C21H19F4NO5. The number of esters is 1. The summed E-state index contributed by atoms with van der Waals surface area (Å²) in [5, 5.41) is 2.45. The van der Waals surface area contributed by atoms with Crippen molar-refractivity contribution >= 4 is 17.6 Å². The Labute approximate surface area is 175 Å². The highest BCUT2D eigenvalue weighted by atomic mass is 19.4. The number of rotatable bonds is 5. The van der Waals surface area contributed by atoms with Crippen molar-refractivity contribution in [2.75, 3.05) is 19.0 Å². The molecule has 0 radical (unpaired) electrons. The number of nitrogens with one attached hydrogen (secondary N) is 1. The Bertz CT molecular complexity index is 992. The zero-order valence-corrected chi connectivity index (χ0v) is 16.6. The van der Waals surface area contributed by atoms with Gasteiger partial charge in [0, 0.05) is 16.8 Å². The van der Waals surface area contributed by atoms with Crippen LogP contribution in [0.15, 0.2) is 36.4 Å². The van der Waals surface area contributed by atoms with E-state index in [1.54, 1.807) is 6.92 Å². The minimum absolute atomic E-state index is 0.0107. The zero-order chi connectivity index (χ0) is 22.8. The van der Waals surface area contributed by atoms with Crippen molar-refractivity contribution in [2.45, 2.75) is 31.7 Å². The third-order valence-corrected chi connectivity index (χ3v) is 4.66. The molecule has 1 amide bonds. The van der Waals surface area contributed by atoms with Crippen LogP contribution in [0.2, 0.25) is 0 Å². The van der Waals surface area contributed by atoms with Crippen LogP contribution >= 0.6 is 0 Å². The largest absolute Gasteiger partial charge is 0.494 e. The van der Waals surface area contributed by atoms with Gasteiger partial charge in [-0.2, -0.15) is 13.2 Å². The van der Waals surface area contributed by atoms with Crippen LogP contribution in [0, 0.1) is 5.82 Å². The standard InChI is InChI=1S/C21H19F4NO5/c1-3-30-17(27)10-16-20(28)26-14-8-7-11(21(23,24)25)9-13(14)19(31-16)12-5-4-6-15(29-2)18(12)22/h4-9,16,19H,3,10H2,1-2H3,(H,26,28)/t16-,19-/m1/s1. The predicted molar refractivity (Wildman–Crippen MR) is 101 cm³/mol. The molecule has 0 saturated heterocycles. The van der Waals surface area contributed by atoms with Gasteiger partial charge in [-0.3, -0.25) is 9.59 Å². The fourth-order valence-electron chi connectivity index (χ4n) is 3.22. The summed E-state index contributed by atoms with van der Waals surface area (Å²) in [5.41, 5.74) is -1.25. The molecule has 1 heterocycles. The van der Waals surface area contributed by atoms with Crippen LogP contribution in [-0.4, -0.2) is 31.7 Å². The minimum Gasteiger partial charge on any atom is -0.494 e. The van der Waals surface area contributed by atoms with Crippen molar-refractivity contribution < 1.29 is 41.4 Å². The molecule has 31 heavy (non-hydrogen) atoms. The number of carbonyl (C=O) groups excluding carboxylic acids is 2. The van der Waals surface area contributed by atoms with E-state index >= 15 is 4.39 Å². The molecule has 0 aromatic heterocycles. The SMILES string of the molecule is CCOC(=O)C[C@H]1O[C@H](c2cccc(OC)c2F)c2cc(C(F)(F)F)ccc2NC1=O. The molecule has 0 spiro atoms. The van der Waals surface area contributed by atoms with Gasteiger partial charge in [0.25, 0.3) is 5.91 Å². The Hall–Kier alpha value is -3.14. The minimum atomic E-state index is -4.67. The van der Waals surface area contributed by atoms with Crippen LogP contribution < -0.4 is 10.1 Å². The number of fused-ring (bicyclic) bond motifs is 1. The summed E-state index contributed by atoms with van der Waals surface area (Å²) in [4.78, 5) is 24.5. The monoisotopic (exact) mass is 441 g/mol. The number of amides is 1. The quantitative estimate of drug-likeness (QED) is 0.555. The summed E-state index contributed by atoms with van der Waals surface area (Å²) in [6.45, 7) is 1.64. The summed E-state index contributed by atoms with van der Waals surface area (Å²) in [6, 6.07) is 6.73. The summed E-state index contributed by atoms with van der Waals surface area (Å²) >= 11 is 0. The van der Waals surface area contributed by atoms with Crippen LogP contribution in [-0.2, 0) is 25.2 Å². The van der Waals surface area contributed by atoms with E-state index in [0.29, 0.717) is 0 Å². The first-order valence-corrected chi connectivity index (χ1v) is 9.31. The van der Waals surface area contributed by atoms with Gasteiger partial charge in [0.1, 0.15) is 12.2 Å². The normalized spacial score (nSPS) is 18.6. The molecule has 6 nitrogen and oxygen atoms in total. The second-order valence-corrected chi connectivity index (χ2v) is 6.67. The predicted octanol–water partition coefficient (Wildman–Crippen LogP) is 4.23. The maximum Gasteiger partial charge on any atom is 0.416 e. The molecule has 166 valence electrons. The fourth-order valence-corrected chi connectivity index (χ4v) is 3.22. The lowest BCUT2D eigenvalue weighted by Gasteiger charge is -2.23. The highest BCUT2D eigenvalue weighted by molar-refractivity contribution is 5.97. The van der Waals surface area contributed by atoms with E-state index in [1.807, 2.05) is 0 Å². The highest BCUT2D eigenvalue weighted by Crippen LogP contribution is 2.41. The van der Waals surface area contributed by atoms with Crippen LogP contribution in [0.4, 0.5) is 23.2 Å². The van der Waals surface area contributed by atoms with E-state index in [-0.39, 0.29) is 29.2 Å². The molecule has 2 atom stereocenters. The molecule has 1 N–H and O–H groups in total. The Balaban J connectivity index is 2.14. The Kier molecular flexibility index (Phi) is 6.49. The number of hydrogen-bond acceptors (Lipinski definition) is 5. The number of halogens is 4. The second-order valence-electron chi connectivity index (χ2n) is 6.67.